The molecule has 0 aromatic heterocycles. The molecule has 28 heavy (non-hydrogen) atoms. The van der Waals surface area contributed by atoms with Crippen molar-refractivity contribution >= 4 is 27.6 Å². The first-order valence-corrected chi connectivity index (χ1v) is 10.4. The first-order chi connectivity index (χ1) is 13.3. The summed E-state index contributed by atoms with van der Waals surface area (Å²) < 4.78 is 31.7. The number of carbonyl (C=O) groups is 2. The van der Waals surface area contributed by atoms with Gasteiger partial charge in [-0.15, -0.1) is 0 Å². The van der Waals surface area contributed by atoms with Crippen molar-refractivity contribution in [3.8, 4) is 0 Å². The molecule has 0 atom stereocenters. The molecule has 2 aromatic carbocycles. The second-order valence-electron chi connectivity index (χ2n) is 6.16. The predicted molar refractivity (Wildman–Crippen MR) is 107 cm³/mol. The minimum atomic E-state index is -3.70. The van der Waals surface area contributed by atoms with E-state index in [-0.39, 0.29) is 17.0 Å². The van der Waals surface area contributed by atoms with E-state index in [1.165, 1.54) is 18.2 Å². The number of amides is 1. The van der Waals surface area contributed by atoms with Gasteiger partial charge in [-0.2, -0.15) is 0 Å². The summed E-state index contributed by atoms with van der Waals surface area (Å²) in [6.07, 6.45) is 0.837. The third-order valence-electron chi connectivity index (χ3n) is 4.03. The van der Waals surface area contributed by atoms with Crippen LogP contribution in [-0.4, -0.2) is 33.4 Å². The Morgan fingerprint density at radius 3 is 2.50 bits per heavy atom. The standard InChI is InChI=1S/C20H24N2O5S/c1-4-15-7-6-8-16(11-15)22-19(23)13-27-20(24)18-12-17(10-9-14(18)3)28(25,26)21-5-2/h6-12,21H,4-5,13H2,1-3H3,(H,22,23). The van der Waals surface area contributed by atoms with Gasteiger partial charge in [-0.05, 0) is 48.7 Å². The summed E-state index contributed by atoms with van der Waals surface area (Å²) in [4.78, 5) is 24.4. The van der Waals surface area contributed by atoms with Gasteiger partial charge in [0, 0.05) is 12.2 Å². The maximum Gasteiger partial charge on any atom is 0.338 e. The molecule has 7 nitrogen and oxygen atoms in total. The van der Waals surface area contributed by atoms with Gasteiger partial charge in [-0.3, -0.25) is 4.79 Å². The molecule has 0 fully saturated rings. The largest absolute Gasteiger partial charge is 0.452 e. The fourth-order valence-electron chi connectivity index (χ4n) is 2.54. The van der Waals surface area contributed by atoms with Gasteiger partial charge in [0.1, 0.15) is 0 Å². The molecule has 0 radical (unpaired) electrons. The SMILES string of the molecule is CCNS(=O)(=O)c1ccc(C)c(C(=O)OCC(=O)Nc2cccc(CC)c2)c1. The number of rotatable bonds is 8. The first kappa shape index (κ1) is 21.6. The Hall–Kier alpha value is -2.71. The molecule has 8 heteroatoms. The number of hydrogen-bond acceptors (Lipinski definition) is 5. The molecule has 0 bridgehead atoms. The van der Waals surface area contributed by atoms with Gasteiger partial charge in [0.15, 0.2) is 6.61 Å². The average molecular weight is 404 g/mol. The van der Waals surface area contributed by atoms with Crippen LogP contribution >= 0.6 is 0 Å². The number of ether oxygens (including phenoxy) is 1. The zero-order valence-electron chi connectivity index (χ0n) is 16.1. The second-order valence-corrected chi connectivity index (χ2v) is 7.92. The number of aryl methyl sites for hydroxylation is 2. The van der Waals surface area contributed by atoms with Crippen molar-refractivity contribution in [2.24, 2.45) is 0 Å². The Morgan fingerprint density at radius 1 is 1.07 bits per heavy atom. The van der Waals surface area contributed by atoms with E-state index in [0.29, 0.717) is 11.3 Å². The van der Waals surface area contributed by atoms with E-state index in [1.54, 1.807) is 19.9 Å². The highest BCUT2D eigenvalue weighted by Crippen LogP contribution is 2.17. The van der Waals surface area contributed by atoms with Crippen molar-refractivity contribution in [3.05, 3.63) is 59.2 Å². The summed E-state index contributed by atoms with van der Waals surface area (Å²) in [5, 5.41) is 2.67. The fourth-order valence-corrected chi connectivity index (χ4v) is 3.60. The molecule has 0 saturated heterocycles. The number of sulfonamides is 1. The zero-order valence-corrected chi connectivity index (χ0v) is 16.9. The molecular weight excluding hydrogens is 380 g/mol. The Kier molecular flexibility index (Phi) is 7.31. The zero-order chi connectivity index (χ0) is 20.7. The van der Waals surface area contributed by atoms with E-state index >= 15 is 0 Å². The van der Waals surface area contributed by atoms with Crippen molar-refractivity contribution < 1.29 is 22.7 Å². The topological polar surface area (TPSA) is 102 Å². The van der Waals surface area contributed by atoms with Crippen LogP contribution in [0.25, 0.3) is 0 Å². The summed E-state index contributed by atoms with van der Waals surface area (Å²) in [6.45, 7) is 5.09. The van der Waals surface area contributed by atoms with Crippen LogP contribution in [0.1, 0.15) is 35.3 Å². The van der Waals surface area contributed by atoms with Crippen molar-refractivity contribution in [2.75, 3.05) is 18.5 Å². The molecule has 2 rings (SSSR count). The molecule has 150 valence electrons. The van der Waals surface area contributed by atoms with Crippen LogP contribution < -0.4 is 10.0 Å². The lowest BCUT2D eigenvalue weighted by Gasteiger charge is -2.11. The van der Waals surface area contributed by atoms with Gasteiger partial charge in [0.25, 0.3) is 5.91 Å². The van der Waals surface area contributed by atoms with Crippen LogP contribution in [0.2, 0.25) is 0 Å². The van der Waals surface area contributed by atoms with E-state index in [1.807, 2.05) is 25.1 Å². The van der Waals surface area contributed by atoms with Crippen LogP contribution in [0.4, 0.5) is 5.69 Å². The number of nitrogens with one attached hydrogen (secondary N) is 2. The van der Waals surface area contributed by atoms with E-state index in [9.17, 15) is 18.0 Å². The summed E-state index contributed by atoms with van der Waals surface area (Å²) in [5.74, 6) is -1.24. The van der Waals surface area contributed by atoms with E-state index in [2.05, 4.69) is 10.0 Å². The lowest BCUT2D eigenvalue weighted by Crippen LogP contribution is -2.24. The molecule has 2 N–H and O–H groups in total. The summed E-state index contributed by atoms with van der Waals surface area (Å²) in [5.41, 5.74) is 2.34. The quantitative estimate of drug-likeness (QED) is 0.659. The van der Waals surface area contributed by atoms with Crippen LogP contribution in [0.3, 0.4) is 0 Å². The molecular formula is C20H24N2O5S. The van der Waals surface area contributed by atoms with Gasteiger partial charge in [-0.1, -0.05) is 32.0 Å². The summed E-state index contributed by atoms with van der Waals surface area (Å²) in [7, 11) is -3.70. The summed E-state index contributed by atoms with van der Waals surface area (Å²) in [6, 6.07) is 11.6. The van der Waals surface area contributed by atoms with E-state index < -0.39 is 28.5 Å². The van der Waals surface area contributed by atoms with Gasteiger partial charge < -0.3 is 10.1 Å². The molecule has 0 unspecified atom stereocenters. The Bertz CT molecular complexity index is 970. The second kappa shape index (κ2) is 9.48. The minimum Gasteiger partial charge on any atom is -0.452 e. The van der Waals surface area contributed by atoms with E-state index in [4.69, 9.17) is 4.74 Å². The van der Waals surface area contributed by atoms with E-state index in [0.717, 1.165) is 12.0 Å². The average Bonchev–Trinajstić information content (AvgIpc) is 2.66. The molecule has 0 aliphatic rings. The lowest BCUT2D eigenvalue weighted by atomic mass is 10.1. The van der Waals surface area contributed by atoms with Crippen molar-refractivity contribution in [1.82, 2.24) is 4.72 Å². The third kappa shape index (κ3) is 5.64. The van der Waals surface area contributed by atoms with Crippen LogP contribution in [0, 0.1) is 6.92 Å². The maximum atomic E-state index is 12.3. The van der Waals surface area contributed by atoms with Crippen molar-refractivity contribution in [2.45, 2.75) is 32.1 Å². The Balaban J connectivity index is 2.05. The smallest absolute Gasteiger partial charge is 0.338 e. The number of carbonyl (C=O) groups excluding carboxylic acids is 2. The Morgan fingerprint density at radius 2 is 1.82 bits per heavy atom. The van der Waals surface area contributed by atoms with Gasteiger partial charge in [-0.25, -0.2) is 17.9 Å². The molecule has 0 aliphatic carbocycles. The normalized spacial score (nSPS) is 11.1. The number of esters is 1. The van der Waals surface area contributed by atoms with Crippen LogP contribution in [0.15, 0.2) is 47.4 Å². The molecule has 0 saturated carbocycles. The highest BCUT2D eigenvalue weighted by atomic mass is 32.2. The monoisotopic (exact) mass is 404 g/mol. The predicted octanol–water partition coefficient (Wildman–Crippen LogP) is 2.65. The lowest BCUT2D eigenvalue weighted by molar-refractivity contribution is -0.119. The first-order valence-electron chi connectivity index (χ1n) is 8.93. The van der Waals surface area contributed by atoms with Crippen molar-refractivity contribution in [1.29, 1.82) is 0 Å². The third-order valence-corrected chi connectivity index (χ3v) is 5.57. The molecule has 2 aromatic rings. The number of hydrogen-bond donors (Lipinski definition) is 2. The minimum absolute atomic E-state index is 0.0345. The van der Waals surface area contributed by atoms with Gasteiger partial charge in [0.2, 0.25) is 10.0 Å². The van der Waals surface area contributed by atoms with Crippen LogP contribution in [-0.2, 0) is 26.0 Å². The van der Waals surface area contributed by atoms with Gasteiger partial charge >= 0.3 is 5.97 Å². The molecule has 0 heterocycles. The fraction of sp³-hybridized carbons (Fsp3) is 0.300. The molecule has 0 aliphatic heterocycles. The van der Waals surface area contributed by atoms with Crippen molar-refractivity contribution in [3.63, 3.8) is 0 Å². The number of anilines is 1. The highest BCUT2D eigenvalue weighted by Gasteiger charge is 2.19. The van der Waals surface area contributed by atoms with Crippen LogP contribution in [0.5, 0.6) is 0 Å². The maximum absolute atomic E-state index is 12.3. The molecule has 1 amide bonds. The summed E-state index contributed by atoms with van der Waals surface area (Å²) >= 11 is 0. The number of benzene rings is 2. The molecule has 0 spiro atoms. The Labute approximate surface area is 165 Å². The van der Waals surface area contributed by atoms with Gasteiger partial charge in [0.05, 0.1) is 10.5 Å². The highest BCUT2D eigenvalue weighted by molar-refractivity contribution is 7.89.